The van der Waals surface area contributed by atoms with E-state index in [1.54, 1.807) is 0 Å². The number of hydrogen-bond donors (Lipinski definition) is 1. The fourth-order valence-electron chi connectivity index (χ4n) is 1.99. The summed E-state index contributed by atoms with van der Waals surface area (Å²) < 4.78 is 13.8. The summed E-state index contributed by atoms with van der Waals surface area (Å²) in [5.74, 6) is -0.191. The van der Waals surface area contributed by atoms with E-state index in [9.17, 15) is 4.39 Å². The fourth-order valence-corrected chi connectivity index (χ4v) is 2.46. The first-order chi connectivity index (χ1) is 7.66. The van der Waals surface area contributed by atoms with Crippen LogP contribution in [0.15, 0.2) is 22.7 Å². The molecule has 0 radical (unpaired) electrons. The molecule has 0 aromatic heterocycles. The fraction of sp³-hybridized carbons (Fsp3) is 0.500. The van der Waals surface area contributed by atoms with Gasteiger partial charge in [-0.05, 0) is 24.6 Å². The van der Waals surface area contributed by atoms with Gasteiger partial charge in [-0.3, -0.25) is 4.90 Å². The Balaban J connectivity index is 0.00000144. The summed E-state index contributed by atoms with van der Waals surface area (Å²) in [6, 6.07) is 5.44. The van der Waals surface area contributed by atoms with Gasteiger partial charge in [-0.2, -0.15) is 0 Å². The Hall–Kier alpha value is -0.160. The Morgan fingerprint density at radius 3 is 2.94 bits per heavy atom. The zero-order valence-corrected chi connectivity index (χ0v) is 12.2. The van der Waals surface area contributed by atoms with Crippen molar-refractivity contribution < 1.29 is 4.39 Å². The van der Waals surface area contributed by atoms with Crippen molar-refractivity contribution in [3.8, 4) is 0 Å². The average molecular weight is 324 g/mol. The molecule has 0 saturated carbocycles. The number of hydrogen-bond acceptors (Lipinski definition) is 2. The van der Waals surface area contributed by atoms with Crippen molar-refractivity contribution in [3.05, 3.63) is 34.1 Å². The molecule has 1 aromatic carbocycles. The van der Waals surface area contributed by atoms with Gasteiger partial charge >= 0.3 is 0 Å². The second kappa shape index (κ2) is 6.69. The molecule has 2 rings (SSSR count). The van der Waals surface area contributed by atoms with Gasteiger partial charge in [-0.15, -0.1) is 12.4 Å². The first kappa shape index (κ1) is 14.9. The number of rotatable bonds is 2. The molecule has 96 valence electrons. The van der Waals surface area contributed by atoms with E-state index in [1.807, 2.05) is 6.07 Å². The Morgan fingerprint density at radius 1 is 1.53 bits per heavy atom. The highest BCUT2D eigenvalue weighted by atomic mass is 79.9. The number of piperazine rings is 1. The normalized spacial score (nSPS) is 21.0. The molecular formula is C12H17BrClFN2. The van der Waals surface area contributed by atoms with Gasteiger partial charge in [0.1, 0.15) is 5.82 Å². The van der Waals surface area contributed by atoms with Crippen LogP contribution in [-0.4, -0.2) is 30.6 Å². The van der Waals surface area contributed by atoms with Gasteiger partial charge in [0.05, 0.1) is 0 Å². The second-order valence-corrected chi connectivity index (χ2v) is 5.11. The summed E-state index contributed by atoms with van der Waals surface area (Å²) in [4.78, 5) is 2.41. The summed E-state index contributed by atoms with van der Waals surface area (Å²) in [5, 5.41) is 3.36. The molecule has 0 amide bonds. The van der Waals surface area contributed by atoms with Gasteiger partial charge in [0.15, 0.2) is 0 Å². The third-order valence-electron chi connectivity index (χ3n) is 3.03. The zero-order valence-electron chi connectivity index (χ0n) is 9.75. The smallest absolute Gasteiger partial charge is 0.124 e. The lowest BCUT2D eigenvalue weighted by atomic mass is 10.1. The van der Waals surface area contributed by atoms with Crippen molar-refractivity contribution >= 4 is 28.3 Å². The van der Waals surface area contributed by atoms with Crippen LogP contribution in [0.1, 0.15) is 12.5 Å². The van der Waals surface area contributed by atoms with Gasteiger partial charge in [0, 0.05) is 36.7 Å². The van der Waals surface area contributed by atoms with Crippen molar-refractivity contribution in [1.29, 1.82) is 0 Å². The molecule has 0 spiro atoms. The number of benzene rings is 1. The molecule has 1 aliphatic heterocycles. The zero-order chi connectivity index (χ0) is 11.5. The summed E-state index contributed by atoms with van der Waals surface area (Å²) in [7, 11) is 0. The van der Waals surface area contributed by atoms with Gasteiger partial charge < -0.3 is 5.32 Å². The topological polar surface area (TPSA) is 15.3 Å². The molecule has 1 heterocycles. The van der Waals surface area contributed by atoms with Crippen LogP contribution in [0.25, 0.3) is 0 Å². The Labute approximate surface area is 116 Å². The molecule has 1 aromatic rings. The third kappa shape index (κ3) is 3.91. The highest BCUT2D eigenvalue weighted by Crippen LogP contribution is 2.20. The van der Waals surface area contributed by atoms with Crippen LogP contribution in [0.2, 0.25) is 0 Å². The standard InChI is InChI=1S/C12H16BrFN2.ClH/c1-9-7-15-4-5-16(9)8-10-2-3-11(14)6-12(10)13;/h2-3,6,9,15H,4-5,7-8H2,1H3;1H. The van der Waals surface area contributed by atoms with E-state index in [-0.39, 0.29) is 18.2 Å². The van der Waals surface area contributed by atoms with Crippen LogP contribution in [-0.2, 0) is 6.54 Å². The van der Waals surface area contributed by atoms with Crippen LogP contribution in [0, 0.1) is 5.82 Å². The van der Waals surface area contributed by atoms with Crippen LogP contribution in [0.5, 0.6) is 0 Å². The van der Waals surface area contributed by atoms with Crippen molar-refractivity contribution in [3.63, 3.8) is 0 Å². The molecule has 5 heteroatoms. The van der Waals surface area contributed by atoms with Gasteiger partial charge in [-0.1, -0.05) is 22.0 Å². The maximum Gasteiger partial charge on any atom is 0.124 e. The van der Waals surface area contributed by atoms with Crippen molar-refractivity contribution in [1.82, 2.24) is 10.2 Å². The van der Waals surface area contributed by atoms with E-state index in [0.29, 0.717) is 6.04 Å². The van der Waals surface area contributed by atoms with Crippen molar-refractivity contribution in [2.24, 2.45) is 0 Å². The Morgan fingerprint density at radius 2 is 2.29 bits per heavy atom. The van der Waals surface area contributed by atoms with Crippen molar-refractivity contribution in [2.45, 2.75) is 19.5 Å². The lowest BCUT2D eigenvalue weighted by molar-refractivity contribution is 0.165. The molecule has 2 nitrogen and oxygen atoms in total. The summed E-state index contributed by atoms with van der Waals surface area (Å²) in [5.41, 5.74) is 1.15. The minimum atomic E-state index is -0.191. The first-order valence-electron chi connectivity index (χ1n) is 5.55. The molecule has 1 aliphatic rings. The maximum absolute atomic E-state index is 12.9. The quantitative estimate of drug-likeness (QED) is 0.900. The minimum Gasteiger partial charge on any atom is -0.314 e. The number of halogens is 3. The number of nitrogens with zero attached hydrogens (tertiary/aromatic N) is 1. The summed E-state index contributed by atoms with van der Waals surface area (Å²) in [6.07, 6.45) is 0. The molecule has 1 fully saturated rings. The molecule has 1 N–H and O–H groups in total. The van der Waals surface area contributed by atoms with E-state index < -0.39 is 0 Å². The summed E-state index contributed by atoms with van der Waals surface area (Å²) >= 11 is 3.41. The van der Waals surface area contributed by atoms with Gasteiger partial charge in [0.25, 0.3) is 0 Å². The van der Waals surface area contributed by atoms with E-state index in [2.05, 4.69) is 33.1 Å². The predicted octanol–water partition coefficient (Wildman–Crippen LogP) is 2.80. The van der Waals surface area contributed by atoms with E-state index >= 15 is 0 Å². The lowest BCUT2D eigenvalue weighted by Crippen LogP contribution is -2.49. The minimum absolute atomic E-state index is 0. The molecule has 0 aliphatic carbocycles. The molecule has 17 heavy (non-hydrogen) atoms. The van der Waals surface area contributed by atoms with Crippen LogP contribution < -0.4 is 5.32 Å². The van der Waals surface area contributed by atoms with Crippen LogP contribution in [0.3, 0.4) is 0 Å². The highest BCUT2D eigenvalue weighted by Gasteiger charge is 2.18. The van der Waals surface area contributed by atoms with Crippen LogP contribution >= 0.6 is 28.3 Å². The maximum atomic E-state index is 12.9. The average Bonchev–Trinajstić information content (AvgIpc) is 2.25. The Bertz CT molecular complexity index is 376. The van der Waals surface area contributed by atoms with Crippen molar-refractivity contribution in [2.75, 3.05) is 19.6 Å². The van der Waals surface area contributed by atoms with E-state index in [0.717, 1.165) is 36.2 Å². The SMILES string of the molecule is CC1CNCCN1Cc1ccc(F)cc1Br.Cl. The largest absolute Gasteiger partial charge is 0.314 e. The molecule has 1 atom stereocenters. The predicted molar refractivity (Wildman–Crippen MR) is 74.1 cm³/mol. The molecule has 0 bridgehead atoms. The monoisotopic (exact) mass is 322 g/mol. The van der Waals surface area contributed by atoms with Gasteiger partial charge in [0.2, 0.25) is 0 Å². The van der Waals surface area contributed by atoms with Crippen LogP contribution in [0.4, 0.5) is 4.39 Å². The Kier molecular flexibility index (Phi) is 5.86. The third-order valence-corrected chi connectivity index (χ3v) is 3.77. The van der Waals surface area contributed by atoms with Gasteiger partial charge in [-0.25, -0.2) is 4.39 Å². The lowest BCUT2D eigenvalue weighted by Gasteiger charge is -2.34. The summed E-state index contributed by atoms with van der Waals surface area (Å²) in [6.45, 7) is 6.19. The number of nitrogens with one attached hydrogen (secondary N) is 1. The molecular weight excluding hydrogens is 307 g/mol. The molecule has 1 saturated heterocycles. The van der Waals surface area contributed by atoms with E-state index in [4.69, 9.17) is 0 Å². The second-order valence-electron chi connectivity index (χ2n) is 4.26. The highest BCUT2D eigenvalue weighted by molar-refractivity contribution is 9.10. The molecule has 1 unspecified atom stereocenters. The first-order valence-corrected chi connectivity index (χ1v) is 6.35. The van der Waals surface area contributed by atoms with E-state index in [1.165, 1.54) is 12.1 Å².